The number of hydrogen-bond acceptors (Lipinski definition) is 4. The van der Waals surface area contributed by atoms with Gasteiger partial charge in [-0.05, 0) is 69.3 Å². The van der Waals surface area contributed by atoms with Crippen LogP contribution in [0.2, 0.25) is 0 Å². The van der Waals surface area contributed by atoms with E-state index in [4.69, 9.17) is 4.74 Å². The number of anilines is 1. The summed E-state index contributed by atoms with van der Waals surface area (Å²) in [7, 11) is 0. The third-order valence-electron chi connectivity index (χ3n) is 5.26. The van der Waals surface area contributed by atoms with Crippen molar-refractivity contribution in [3.63, 3.8) is 0 Å². The molecule has 25 heavy (non-hydrogen) atoms. The Morgan fingerprint density at radius 2 is 2.16 bits per heavy atom. The van der Waals surface area contributed by atoms with Gasteiger partial charge in [-0.1, -0.05) is 0 Å². The number of benzene rings is 1. The maximum atomic E-state index is 12.2. The third kappa shape index (κ3) is 4.02. The van der Waals surface area contributed by atoms with E-state index < -0.39 is 0 Å². The van der Waals surface area contributed by atoms with E-state index in [1.54, 1.807) is 0 Å². The topological polar surface area (TPSA) is 79.0 Å². The molecule has 134 valence electrons. The van der Waals surface area contributed by atoms with Gasteiger partial charge in [0.2, 0.25) is 5.91 Å². The Bertz CT molecular complexity index is 730. The van der Waals surface area contributed by atoms with Gasteiger partial charge in [-0.15, -0.1) is 0 Å². The summed E-state index contributed by atoms with van der Waals surface area (Å²) in [5.74, 6) is 1.66. The summed E-state index contributed by atoms with van der Waals surface area (Å²) in [6.45, 7) is 2.96. The molecule has 6 heteroatoms. The molecule has 1 unspecified atom stereocenters. The maximum absolute atomic E-state index is 12.2. The first-order chi connectivity index (χ1) is 12.3. The second-order valence-corrected chi connectivity index (χ2v) is 7.14. The molecule has 2 aliphatic rings. The molecule has 0 aliphatic carbocycles. The molecule has 1 amide bonds. The summed E-state index contributed by atoms with van der Waals surface area (Å²) in [6.07, 6.45) is 6.10. The van der Waals surface area contributed by atoms with Crippen LogP contribution in [-0.2, 0) is 9.53 Å². The third-order valence-corrected chi connectivity index (χ3v) is 5.26. The zero-order valence-corrected chi connectivity index (χ0v) is 14.5. The number of nitrogens with one attached hydrogen (secondary N) is 3. The van der Waals surface area contributed by atoms with E-state index in [0.29, 0.717) is 12.3 Å². The van der Waals surface area contributed by atoms with Crippen LogP contribution in [0, 0.1) is 5.92 Å². The lowest BCUT2D eigenvalue weighted by Gasteiger charge is -2.22. The van der Waals surface area contributed by atoms with Crippen molar-refractivity contribution in [2.45, 2.75) is 44.6 Å². The average Bonchev–Trinajstić information content (AvgIpc) is 3.30. The van der Waals surface area contributed by atoms with E-state index in [1.165, 1.54) is 12.8 Å². The number of hydrogen-bond donors (Lipinski definition) is 3. The fourth-order valence-corrected chi connectivity index (χ4v) is 3.78. The minimum Gasteiger partial charge on any atom is -0.370 e. The Balaban J connectivity index is 1.36. The predicted octanol–water partition coefficient (Wildman–Crippen LogP) is 3.13. The van der Waals surface area contributed by atoms with Crippen molar-refractivity contribution in [3.8, 4) is 0 Å². The zero-order chi connectivity index (χ0) is 17.1. The van der Waals surface area contributed by atoms with E-state index in [9.17, 15) is 4.79 Å². The first-order valence-electron chi connectivity index (χ1n) is 9.40. The molecule has 0 bridgehead atoms. The number of amides is 1. The molecule has 2 aromatic rings. The molecule has 1 aromatic carbocycles. The number of aromatic nitrogens is 2. The summed E-state index contributed by atoms with van der Waals surface area (Å²) in [5, 5.41) is 6.38. The standard InChI is InChI=1S/C19H26N4O2/c24-18(6-3-13-7-9-20-10-8-13)21-14-4-5-15-16(12-14)23-19(22-15)17-2-1-11-25-17/h4-5,12-13,17,20H,1-3,6-11H2,(H,21,24)(H,22,23). The number of carbonyl (C=O) groups is 1. The molecule has 2 fully saturated rings. The van der Waals surface area contributed by atoms with Crippen LogP contribution in [0.1, 0.15) is 50.5 Å². The second-order valence-electron chi connectivity index (χ2n) is 7.14. The number of H-pyrrole nitrogens is 1. The first-order valence-corrected chi connectivity index (χ1v) is 9.40. The van der Waals surface area contributed by atoms with Crippen LogP contribution in [-0.4, -0.2) is 35.6 Å². The van der Waals surface area contributed by atoms with E-state index >= 15 is 0 Å². The number of rotatable bonds is 5. The second kappa shape index (κ2) is 7.54. The van der Waals surface area contributed by atoms with Crippen molar-refractivity contribution >= 4 is 22.6 Å². The van der Waals surface area contributed by atoms with E-state index in [0.717, 1.165) is 61.5 Å². The molecule has 2 aliphatic heterocycles. The van der Waals surface area contributed by atoms with Crippen LogP contribution in [0.25, 0.3) is 11.0 Å². The van der Waals surface area contributed by atoms with Gasteiger partial charge >= 0.3 is 0 Å². The monoisotopic (exact) mass is 342 g/mol. The maximum Gasteiger partial charge on any atom is 0.224 e. The molecule has 0 spiro atoms. The van der Waals surface area contributed by atoms with E-state index in [2.05, 4.69) is 20.6 Å². The molecule has 1 atom stereocenters. The van der Waals surface area contributed by atoms with Crippen LogP contribution < -0.4 is 10.6 Å². The Labute approximate surface area is 147 Å². The Kier molecular flexibility index (Phi) is 4.99. The van der Waals surface area contributed by atoms with Gasteiger partial charge in [0.1, 0.15) is 11.9 Å². The summed E-state index contributed by atoms with van der Waals surface area (Å²) in [4.78, 5) is 20.2. The lowest BCUT2D eigenvalue weighted by molar-refractivity contribution is -0.116. The van der Waals surface area contributed by atoms with E-state index in [1.807, 2.05) is 18.2 Å². The minimum atomic E-state index is 0.0791. The quantitative estimate of drug-likeness (QED) is 0.780. The van der Waals surface area contributed by atoms with Crippen molar-refractivity contribution in [2.24, 2.45) is 5.92 Å². The Morgan fingerprint density at radius 1 is 1.28 bits per heavy atom. The van der Waals surface area contributed by atoms with Crippen molar-refractivity contribution in [1.29, 1.82) is 0 Å². The molecule has 3 heterocycles. The number of carbonyl (C=O) groups excluding carboxylic acids is 1. The van der Waals surface area contributed by atoms with Gasteiger partial charge in [-0.2, -0.15) is 0 Å². The van der Waals surface area contributed by atoms with Crippen molar-refractivity contribution in [3.05, 3.63) is 24.0 Å². The Hall–Kier alpha value is -1.92. The molecule has 3 N–H and O–H groups in total. The molecule has 4 rings (SSSR count). The first kappa shape index (κ1) is 16.5. The van der Waals surface area contributed by atoms with Crippen molar-refractivity contribution < 1.29 is 9.53 Å². The predicted molar refractivity (Wildman–Crippen MR) is 97.5 cm³/mol. The van der Waals surface area contributed by atoms with Gasteiger partial charge in [0.25, 0.3) is 0 Å². The van der Waals surface area contributed by atoms with E-state index in [-0.39, 0.29) is 12.0 Å². The van der Waals surface area contributed by atoms with Crippen LogP contribution in [0.5, 0.6) is 0 Å². The fourth-order valence-electron chi connectivity index (χ4n) is 3.78. The highest BCUT2D eigenvalue weighted by molar-refractivity contribution is 5.93. The molecular formula is C19H26N4O2. The van der Waals surface area contributed by atoms with Gasteiger partial charge < -0.3 is 20.4 Å². The van der Waals surface area contributed by atoms with Crippen LogP contribution in [0.3, 0.4) is 0 Å². The lowest BCUT2D eigenvalue weighted by Crippen LogP contribution is -2.28. The highest BCUT2D eigenvalue weighted by atomic mass is 16.5. The van der Waals surface area contributed by atoms with Gasteiger partial charge in [-0.25, -0.2) is 4.98 Å². The van der Waals surface area contributed by atoms with Crippen LogP contribution in [0.15, 0.2) is 18.2 Å². The minimum absolute atomic E-state index is 0.0791. The smallest absolute Gasteiger partial charge is 0.224 e. The normalized spacial score (nSPS) is 21.7. The van der Waals surface area contributed by atoms with Crippen LogP contribution >= 0.6 is 0 Å². The van der Waals surface area contributed by atoms with Gasteiger partial charge in [0.05, 0.1) is 11.0 Å². The number of piperidine rings is 1. The fraction of sp³-hybridized carbons (Fsp3) is 0.579. The van der Waals surface area contributed by atoms with Crippen LogP contribution in [0.4, 0.5) is 5.69 Å². The lowest BCUT2D eigenvalue weighted by atomic mass is 9.93. The number of aromatic amines is 1. The molecule has 2 saturated heterocycles. The highest BCUT2D eigenvalue weighted by Gasteiger charge is 2.21. The van der Waals surface area contributed by atoms with Crippen molar-refractivity contribution in [1.82, 2.24) is 15.3 Å². The number of nitrogens with zero attached hydrogens (tertiary/aromatic N) is 1. The van der Waals surface area contributed by atoms with Gasteiger partial charge in [0, 0.05) is 18.7 Å². The average molecular weight is 342 g/mol. The summed E-state index contributed by atoms with van der Waals surface area (Å²) >= 11 is 0. The molecule has 0 saturated carbocycles. The summed E-state index contributed by atoms with van der Waals surface area (Å²) in [5.41, 5.74) is 2.69. The Morgan fingerprint density at radius 3 is 2.96 bits per heavy atom. The molecular weight excluding hydrogens is 316 g/mol. The van der Waals surface area contributed by atoms with Gasteiger partial charge in [-0.3, -0.25) is 4.79 Å². The highest BCUT2D eigenvalue weighted by Crippen LogP contribution is 2.28. The van der Waals surface area contributed by atoms with Gasteiger partial charge in [0.15, 0.2) is 0 Å². The molecule has 1 aromatic heterocycles. The largest absolute Gasteiger partial charge is 0.370 e. The molecule has 0 radical (unpaired) electrons. The zero-order valence-electron chi connectivity index (χ0n) is 14.5. The number of fused-ring (bicyclic) bond motifs is 1. The SMILES string of the molecule is O=C(CCC1CCNCC1)Nc1ccc2nc(C3CCCO3)[nH]c2c1. The number of imidazole rings is 1. The van der Waals surface area contributed by atoms with Crippen molar-refractivity contribution in [2.75, 3.05) is 25.0 Å². The number of ether oxygens (including phenoxy) is 1. The summed E-state index contributed by atoms with van der Waals surface area (Å²) < 4.78 is 5.68. The summed E-state index contributed by atoms with van der Waals surface area (Å²) in [6, 6.07) is 5.83. The molecule has 6 nitrogen and oxygen atoms in total.